The van der Waals surface area contributed by atoms with Crippen molar-refractivity contribution in [1.82, 2.24) is 19.9 Å². The van der Waals surface area contributed by atoms with Crippen molar-refractivity contribution in [2.24, 2.45) is 0 Å². The number of anilines is 3. The Morgan fingerprint density at radius 3 is 2.71 bits per heavy atom. The van der Waals surface area contributed by atoms with E-state index in [2.05, 4.69) is 44.6 Å². The van der Waals surface area contributed by atoms with Crippen LogP contribution >= 0.6 is 0 Å². The first-order valence-electron chi connectivity index (χ1n) is 8.04. The van der Waals surface area contributed by atoms with Crippen molar-refractivity contribution < 1.29 is 0 Å². The minimum Gasteiger partial charge on any atom is -0.370 e. The Hall–Kier alpha value is -2.73. The largest absolute Gasteiger partial charge is 0.370 e. The van der Waals surface area contributed by atoms with E-state index in [-0.39, 0.29) is 0 Å². The summed E-state index contributed by atoms with van der Waals surface area (Å²) in [5.41, 5.74) is 1.87. The summed E-state index contributed by atoms with van der Waals surface area (Å²) >= 11 is 0. The molecule has 0 spiro atoms. The summed E-state index contributed by atoms with van der Waals surface area (Å²) < 4.78 is 0. The van der Waals surface area contributed by atoms with Crippen molar-refractivity contribution in [3.63, 3.8) is 0 Å². The van der Waals surface area contributed by atoms with E-state index in [1.165, 1.54) is 0 Å². The molecule has 1 aromatic carbocycles. The number of pyridine rings is 1. The van der Waals surface area contributed by atoms with Crippen LogP contribution in [-0.4, -0.2) is 47.0 Å². The third-order valence-electron chi connectivity index (χ3n) is 3.65. The zero-order valence-electron chi connectivity index (χ0n) is 14.0. The second-order valence-electron chi connectivity index (χ2n) is 5.88. The lowest BCUT2D eigenvalue weighted by Gasteiger charge is -2.11. The smallest absolute Gasteiger partial charge is 0.135 e. The number of para-hydroxylation sites is 1. The van der Waals surface area contributed by atoms with Gasteiger partial charge in [-0.15, -0.1) is 0 Å². The highest BCUT2D eigenvalue weighted by molar-refractivity contribution is 5.91. The van der Waals surface area contributed by atoms with Crippen molar-refractivity contribution in [3.8, 4) is 0 Å². The van der Waals surface area contributed by atoms with Gasteiger partial charge in [-0.3, -0.25) is 4.98 Å². The lowest BCUT2D eigenvalue weighted by molar-refractivity contribution is 0.405. The van der Waals surface area contributed by atoms with Crippen LogP contribution in [-0.2, 0) is 0 Å². The van der Waals surface area contributed by atoms with Gasteiger partial charge in [0.05, 0.1) is 11.2 Å². The number of fused-ring (bicyclic) bond motifs is 1. The Morgan fingerprint density at radius 1 is 1.00 bits per heavy atom. The molecule has 0 unspecified atom stereocenters. The summed E-state index contributed by atoms with van der Waals surface area (Å²) in [5, 5.41) is 7.76. The fraction of sp³-hybridized carbons (Fsp3) is 0.278. The molecule has 0 aliphatic rings. The number of nitrogens with one attached hydrogen (secondary N) is 2. The molecule has 6 nitrogen and oxygen atoms in total. The second-order valence-corrected chi connectivity index (χ2v) is 5.88. The van der Waals surface area contributed by atoms with E-state index < -0.39 is 0 Å². The topological polar surface area (TPSA) is 66.0 Å². The molecule has 0 aliphatic heterocycles. The van der Waals surface area contributed by atoms with Gasteiger partial charge in [0.1, 0.15) is 18.0 Å². The summed E-state index contributed by atoms with van der Waals surface area (Å²) in [6.07, 6.45) is 4.42. The third-order valence-corrected chi connectivity index (χ3v) is 3.65. The van der Waals surface area contributed by atoms with Crippen molar-refractivity contribution in [3.05, 3.63) is 48.9 Å². The SMILES string of the molecule is CN(C)CCCNc1cc(Nc2cccc3cccnc23)ncn1. The minimum atomic E-state index is 0.748. The number of aromatic nitrogens is 3. The Labute approximate surface area is 142 Å². The fourth-order valence-electron chi connectivity index (χ4n) is 2.48. The molecule has 2 heterocycles. The highest BCUT2D eigenvalue weighted by Crippen LogP contribution is 2.24. The first-order chi connectivity index (χ1) is 11.7. The summed E-state index contributed by atoms with van der Waals surface area (Å²) in [6.45, 7) is 1.93. The number of rotatable bonds is 7. The van der Waals surface area contributed by atoms with Crippen molar-refractivity contribution in [2.75, 3.05) is 37.8 Å². The molecule has 0 amide bonds. The number of hydrogen-bond acceptors (Lipinski definition) is 6. The Bertz CT molecular complexity index is 797. The summed E-state index contributed by atoms with van der Waals surface area (Å²) in [4.78, 5) is 15.2. The quantitative estimate of drug-likeness (QED) is 0.652. The van der Waals surface area contributed by atoms with Gasteiger partial charge in [0.25, 0.3) is 0 Å². The predicted octanol–water partition coefficient (Wildman–Crippen LogP) is 3.13. The molecule has 3 rings (SSSR count). The molecule has 0 saturated carbocycles. The average Bonchev–Trinajstić information content (AvgIpc) is 2.59. The first kappa shape index (κ1) is 16.1. The van der Waals surface area contributed by atoms with Crippen LogP contribution in [0.5, 0.6) is 0 Å². The molecule has 2 N–H and O–H groups in total. The summed E-state index contributed by atoms with van der Waals surface area (Å²) in [6, 6.07) is 12.0. The Morgan fingerprint density at radius 2 is 1.83 bits per heavy atom. The van der Waals surface area contributed by atoms with Crippen molar-refractivity contribution in [2.45, 2.75) is 6.42 Å². The van der Waals surface area contributed by atoms with Gasteiger partial charge in [-0.05, 0) is 39.2 Å². The lowest BCUT2D eigenvalue weighted by Crippen LogP contribution is -2.16. The van der Waals surface area contributed by atoms with Crippen LogP contribution in [0, 0.1) is 0 Å². The van der Waals surface area contributed by atoms with E-state index in [4.69, 9.17) is 0 Å². The number of benzene rings is 1. The molecule has 0 fully saturated rings. The van der Waals surface area contributed by atoms with Gasteiger partial charge in [0.2, 0.25) is 0 Å². The number of hydrogen-bond donors (Lipinski definition) is 2. The highest BCUT2D eigenvalue weighted by Gasteiger charge is 2.04. The van der Waals surface area contributed by atoms with E-state index in [9.17, 15) is 0 Å². The van der Waals surface area contributed by atoms with E-state index in [0.717, 1.165) is 47.7 Å². The summed E-state index contributed by atoms with van der Waals surface area (Å²) in [5.74, 6) is 1.57. The monoisotopic (exact) mass is 322 g/mol. The summed E-state index contributed by atoms with van der Waals surface area (Å²) in [7, 11) is 4.15. The zero-order valence-corrected chi connectivity index (χ0v) is 14.0. The molecule has 2 aromatic heterocycles. The van der Waals surface area contributed by atoms with Gasteiger partial charge in [0.15, 0.2) is 0 Å². The highest BCUT2D eigenvalue weighted by atomic mass is 15.1. The molecule has 0 radical (unpaired) electrons. The Balaban J connectivity index is 1.70. The molecule has 0 bridgehead atoms. The molecule has 0 aliphatic carbocycles. The molecule has 0 atom stereocenters. The van der Waals surface area contributed by atoms with Gasteiger partial charge in [-0.25, -0.2) is 9.97 Å². The first-order valence-corrected chi connectivity index (χ1v) is 8.04. The molecular formula is C18H22N6. The van der Waals surface area contributed by atoms with Crippen LogP contribution in [0.1, 0.15) is 6.42 Å². The molecular weight excluding hydrogens is 300 g/mol. The normalized spacial score (nSPS) is 11.0. The maximum absolute atomic E-state index is 4.45. The van der Waals surface area contributed by atoms with Crippen molar-refractivity contribution in [1.29, 1.82) is 0 Å². The third kappa shape index (κ3) is 4.17. The molecule has 24 heavy (non-hydrogen) atoms. The standard InChI is InChI=1S/C18H22N6/c1-24(2)11-5-10-19-16-12-17(22-13-21-16)23-15-8-3-6-14-7-4-9-20-18(14)15/h3-4,6-9,12-13H,5,10-11H2,1-2H3,(H2,19,21,22,23). The van der Waals surface area contributed by atoms with E-state index >= 15 is 0 Å². The van der Waals surface area contributed by atoms with Crippen LogP contribution in [0.3, 0.4) is 0 Å². The Kier molecular flexibility index (Phi) is 5.18. The molecule has 3 aromatic rings. The van der Waals surface area contributed by atoms with Gasteiger partial charge in [0, 0.05) is 24.2 Å². The van der Waals surface area contributed by atoms with Crippen LogP contribution < -0.4 is 10.6 Å². The van der Waals surface area contributed by atoms with Crippen LogP contribution in [0.2, 0.25) is 0 Å². The van der Waals surface area contributed by atoms with Gasteiger partial charge in [-0.2, -0.15) is 0 Å². The van der Waals surface area contributed by atoms with Crippen LogP contribution in [0.4, 0.5) is 17.3 Å². The average molecular weight is 322 g/mol. The molecule has 124 valence electrons. The van der Waals surface area contributed by atoms with Gasteiger partial charge < -0.3 is 15.5 Å². The van der Waals surface area contributed by atoms with Gasteiger partial charge in [-0.1, -0.05) is 18.2 Å². The minimum absolute atomic E-state index is 0.748. The molecule has 0 saturated heterocycles. The van der Waals surface area contributed by atoms with E-state index in [1.54, 1.807) is 12.5 Å². The molecule has 6 heteroatoms. The van der Waals surface area contributed by atoms with Gasteiger partial charge >= 0.3 is 0 Å². The predicted molar refractivity (Wildman–Crippen MR) is 98.7 cm³/mol. The maximum atomic E-state index is 4.45. The van der Waals surface area contributed by atoms with Crippen LogP contribution in [0.15, 0.2) is 48.9 Å². The zero-order chi connectivity index (χ0) is 16.8. The van der Waals surface area contributed by atoms with Crippen molar-refractivity contribution >= 4 is 28.2 Å². The van der Waals surface area contributed by atoms with E-state index in [0.29, 0.717) is 0 Å². The lowest BCUT2D eigenvalue weighted by atomic mass is 10.2. The van der Waals surface area contributed by atoms with E-state index in [1.807, 2.05) is 36.4 Å². The fourth-order valence-corrected chi connectivity index (χ4v) is 2.48. The number of nitrogens with zero attached hydrogens (tertiary/aromatic N) is 4. The van der Waals surface area contributed by atoms with Crippen LogP contribution in [0.25, 0.3) is 10.9 Å². The maximum Gasteiger partial charge on any atom is 0.135 e. The second kappa shape index (κ2) is 7.70.